The number of nitrogens with one attached hydrogen (secondary N) is 1. The smallest absolute Gasteiger partial charge is 0.123 e. The predicted molar refractivity (Wildman–Crippen MR) is 73.4 cm³/mol. The van der Waals surface area contributed by atoms with Crippen LogP contribution in [-0.2, 0) is 13.1 Å². The summed E-state index contributed by atoms with van der Waals surface area (Å²) < 4.78 is 6.35. The van der Waals surface area contributed by atoms with E-state index in [2.05, 4.69) is 32.3 Å². The van der Waals surface area contributed by atoms with Crippen LogP contribution in [0.2, 0.25) is 0 Å². The summed E-state index contributed by atoms with van der Waals surface area (Å²) in [5, 5.41) is 4.43. The maximum Gasteiger partial charge on any atom is 0.123 e. The second-order valence-electron chi connectivity index (χ2n) is 3.47. The van der Waals surface area contributed by atoms with Crippen LogP contribution in [0.25, 0.3) is 0 Å². The fraction of sp³-hybridized carbons (Fsp3) is 0.250. The summed E-state index contributed by atoms with van der Waals surface area (Å²) in [6, 6.07) is 8.01. The van der Waals surface area contributed by atoms with Gasteiger partial charge in [0.2, 0.25) is 0 Å². The maximum atomic E-state index is 5.29. The number of hydrogen-bond acceptors (Lipinski definition) is 4. The largest absolute Gasteiger partial charge is 0.496 e. The van der Waals surface area contributed by atoms with Gasteiger partial charge < -0.3 is 10.1 Å². The van der Waals surface area contributed by atoms with Gasteiger partial charge in [0.05, 0.1) is 17.1 Å². The molecule has 2 rings (SSSR count). The van der Waals surface area contributed by atoms with Crippen LogP contribution in [0.5, 0.6) is 5.75 Å². The van der Waals surface area contributed by atoms with Gasteiger partial charge in [-0.25, -0.2) is 4.98 Å². The molecule has 0 aliphatic heterocycles. The normalized spacial score (nSPS) is 10.5. The number of thiazole rings is 1. The number of methoxy groups -OCH3 is 1. The van der Waals surface area contributed by atoms with Crippen LogP contribution in [0, 0.1) is 0 Å². The Bertz CT molecular complexity index is 487. The molecule has 5 heteroatoms. The summed E-state index contributed by atoms with van der Waals surface area (Å²) in [4.78, 5) is 4.27. The third-order valence-corrected chi connectivity index (χ3v) is 3.79. The van der Waals surface area contributed by atoms with Gasteiger partial charge in [0.1, 0.15) is 10.8 Å². The molecule has 0 fully saturated rings. The van der Waals surface area contributed by atoms with Crippen molar-refractivity contribution in [1.82, 2.24) is 10.3 Å². The molecule has 0 bridgehead atoms. The first kappa shape index (κ1) is 12.5. The number of para-hydroxylation sites is 1. The molecule has 0 spiro atoms. The van der Waals surface area contributed by atoms with E-state index in [-0.39, 0.29) is 0 Å². The zero-order chi connectivity index (χ0) is 12.1. The molecule has 1 aromatic carbocycles. The quantitative estimate of drug-likeness (QED) is 0.920. The average Bonchev–Trinajstić information content (AvgIpc) is 2.76. The minimum atomic E-state index is 0.772. The highest BCUT2D eigenvalue weighted by Crippen LogP contribution is 2.20. The fourth-order valence-electron chi connectivity index (χ4n) is 1.52. The Morgan fingerprint density at radius 3 is 2.88 bits per heavy atom. The van der Waals surface area contributed by atoms with Gasteiger partial charge in [-0.1, -0.05) is 18.2 Å². The lowest BCUT2D eigenvalue weighted by Gasteiger charge is -2.08. The van der Waals surface area contributed by atoms with Crippen molar-refractivity contribution in [3.05, 3.63) is 44.8 Å². The molecule has 2 aromatic rings. The molecule has 0 aliphatic rings. The minimum Gasteiger partial charge on any atom is -0.496 e. The average molecular weight is 313 g/mol. The Hall–Kier alpha value is -0.910. The van der Waals surface area contributed by atoms with E-state index in [1.165, 1.54) is 0 Å². The molecule has 90 valence electrons. The molecule has 0 saturated heterocycles. The third kappa shape index (κ3) is 3.52. The van der Waals surface area contributed by atoms with Crippen LogP contribution in [-0.4, -0.2) is 12.1 Å². The predicted octanol–water partition coefficient (Wildman–Crippen LogP) is 3.20. The van der Waals surface area contributed by atoms with Crippen molar-refractivity contribution in [2.45, 2.75) is 13.1 Å². The van der Waals surface area contributed by atoms with Crippen molar-refractivity contribution >= 4 is 27.3 Å². The molecule has 0 amide bonds. The highest BCUT2D eigenvalue weighted by Gasteiger charge is 2.02. The van der Waals surface area contributed by atoms with E-state index in [9.17, 15) is 0 Å². The summed E-state index contributed by atoms with van der Waals surface area (Å²) >= 11 is 5.04. The Kier molecular flexibility index (Phi) is 4.53. The first-order valence-corrected chi connectivity index (χ1v) is 6.83. The number of rotatable bonds is 5. The topological polar surface area (TPSA) is 34.1 Å². The number of aromatic nitrogens is 1. The second kappa shape index (κ2) is 6.14. The van der Waals surface area contributed by atoms with E-state index in [0.717, 1.165) is 33.2 Å². The molecular weight excluding hydrogens is 300 g/mol. The van der Waals surface area contributed by atoms with Crippen LogP contribution in [0.4, 0.5) is 0 Å². The molecule has 0 saturated carbocycles. The van der Waals surface area contributed by atoms with Crippen LogP contribution >= 0.6 is 27.3 Å². The Balaban J connectivity index is 1.89. The van der Waals surface area contributed by atoms with Gasteiger partial charge >= 0.3 is 0 Å². The van der Waals surface area contributed by atoms with E-state index in [1.807, 2.05) is 24.4 Å². The lowest BCUT2D eigenvalue weighted by Crippen LogP contribution is -2.13. The van der Waals surface area contributed by atoms with Gasteiger partial charge in [0.15, 0.2) is 0 Å². The molecule has 17 heavy (non-hydrogen) atoms. The van der Waals surface area contributed by atoms with Gasteiger partial charge in [0, 0.05) is 18.7 Å². The number of benzene rings is 1. The van der Waals surface area contributed by atoms with Gasteiger partial charge in [0.25, 0.3) is 0 Å². The molecule has 3 nitrogen and oxygen atoms in total. The van der Waals surface area contributed by atoms with E-state index < -0.39 is 0 Å². The number of hydrogen-bond donors (Lipinski definition) is 1. The molecule has 0 aliphatic carbocycles. The Labute approximate surface area is 113 Å². The summed E-state index contributed by atoms with van der Waals surface area (Å²) in [7, 11) is 1.69. The molecule has 1 heterocycles. The van der Waals surface area contributed by atoms with Crippen LogP contribution < -0.4 is 10.1 Å². The molecule has 0 unspecified atom stereocenters. The van der Waals surface area contributed by atoms with Crippen LogP contribution in [0.15, 0.2) is 34.2 Å². The Morgan fingerprint density at radius 2 is 2.18 bits per heavy atom. The fourth-order valence-corrected chi connectivity index (χ4v) is 2.80. The van der Waals surface area contributed by atoms with Crippen LogP contribution in [0.3, 0.4) is 0 Å². The van der Waals surface area contributed by atoms with Crippen molar-refractivity contribution in [3.63, 3.8) is 0 Å². The van der Waals surface area contributed by atoms with Gasteiger partial charge in [-0.2, -0.15) is 0 Å². The van der Waals surface area contributed by atoms with Crippen molar-refractivity contribution in [3.8, 4) is 5.75 Å². The Morgan fingerprint density at radius 1 is 1.35 bits per heavy atom. The second-order valence-corrected chi connectivity index (χ2v) is 5.97. The van der Waals surface area contributed by atoms with E-state index in [1.54, 1.807) is 18.4 Å². The number of ether oxygens (including phenoxy) is 1. The molecule has 1 aromatic heterocycles. The number of nitrogens with zero attached hydrogens (tertiary/aromatic N) is 1. The first-order valence-electron chi connectivity index (χ1n) is 5.22. The highest BCUT2D eigenvalue weighted by atomic mass is 79.9. The van der Waals surface area contributed by atoms with Crippen molar-refractivity contribution in [1.29, 1.82) is 0 Å². The standard InChI is InChI=1S/C12H13BrN2OS/c1-16-10-5-3-2-4-9(10)6-14-8-12-15-7-11(13)17-12/h2-5,7,14H,6,8H2,1H3. The van der Waals surface area contributed by atoms with Crippen molar-refractivity contribution < 1.29 is 4.74 Å². The molecular formula is C12H13BrN2OS. The van der Waals surface area contributed by atoms with Gasteiger partial charge in [-0.05, 0) is 22.0 Å². The van der Waals surface area contributed by atoms with E-state index >= 15 is 0 Å². The van der Waals surface area contributed by atoms with E-state index in [4.69, 9.17) is 4.74 Å². The lowest BCUT2D eigenvalue weighted by atomic mass is 10.2. The zero-order valence-electron chi connectivity index (χ0n) is 9.44. The first-order chi connectivity index (χ1) is 8.29. The van der Waals surface area contributed by atoms with Crippen LogP contribution in [0.1, 0.15) is 10.6 Å². The molecule has 1 N–H and O–H groups in total. The third-order valence-electron chi connectivity index (χ3n) is 2.31. The summed E-state index contributed by atoms with van der Waals surface area (Å²) in [5.41, 5.74) is 1.16. The zero-order valence-corrected chi connectivity index (χ0v) is 11.8. The number of halogens is 1. The summed E-state index contributed by atoms with van der Waals surface area (Å²) in [5.74, 6) is 0.917. The summed E-state index contributed by atoms with van der Waals surface area (Å²) in [6.07, 6.45) is 1.82. The monoisotopic (exact) mass is 312 g/mol. The van der Waals surface area contributed by atoms with Gasteiger partial charge in [-0.3, -0.25) is 0 Å². The minimum absolute atomic E-state index is 0.772. The molecule has 0 atom stereocenters. The SMILES string of the molecule is COc1ccccc1CNCc1ncc(Br)s1. The maximum absolute atomic E-state index is 5.29. The van der Waals surface area contributed by atoms with Crippen molar-refractivity contribution in [2.24, 2.45) is 0 Å². The highest BCUT2D eigenvalue weighted by molar-refractivity contribution is 9.11. The lowest BCUT2D eigenvalue weighted by molar-refractivity contribution is 0.407. The molecule has 0 radical (unpaired) electrons. The summed E-state index contributed by atoms with van der Waals surface area (Å²) in [6.45, 7) is 1.55. The van der Waals surface area contributed by atoms with Crippen molar-refractivity contribution in [2.75, 3.05) is 7.11 Å². The van der Waals surface area contributed by atoms with E-state index in [0.29, 0.717) is 0 Å². The van der Waals surface area contributed by atoms with Gasteiger partial charge in [-0.15, -0.1) is 11.3 Å².